The van der Waals surface area contributed by atoms with Gasteiger partial charge in [-0.05, 0) is 36.5 Å². The quantitative estimate of drug-likeness (QED) is 0.269. The van der Waals surface area contributed by atoms with Crippen LogP contribution in [0.5, 0.6) is 5.75 Å². The van der Waals surface area contributed by atoms with Crippen molar-refractivity contribution in [3.63, 3.8) is 0 Å². The van der Waals surface area contributed by atoms with Crippen LogP contribution in [0.25, 0.3) is 17.0 Å². The molecule has 2 amide bonds. The van der Waals surface area contributed by atoms with Gasteiger partial charge in [0.15, 0.2) is 10.5 Å². The van der Waals surface area contributed by atoms with Crippen LogP contribution in [-0.4, -0.2) is 22.9 Å². The van der Waals surface area contributed by atoms with E-state index < -0.39 is 17.8 Å². The van der Waals surface area contributed by atoms with E-state index in [9.17, 15) is 19.2 Å². The number of rotatable bonds is 3. The Kier molecular flexibility index (Phi) is 4.95. The van der Waals surface area contributed by atoms with Crippen molar-refractivity contribution >= 4 is 52.2 Å². The van der Waals surface area contributed by atoms with Gasteiger partial charge < -0.3 is 9.15 Å². The number of amides is 2. The average Bonchev–Trinajstić information content (AvgIpc) is 2.58. The highest BCUT2D eigenvalue weighted by atomic mass is 32.1. The molecule has 0 aliphatic carbocycles. The number of ether oxygens (including phenoxy) is 1. The molecule has 0 bridgehead atoms. The van der Waals surface area contributed by atoms with Crippen molar-refractivity contribution < 1.29 is 23.5 Å². The summed E-state index contributed by atoms with van der Waals surface area (Å²) in [6.07, 6.45) is 5.28. The highest BCUT2D eigenvalue weighted by Crippen LogP contribution is 2.19. The van der Waals surface area contributed by atoms with Gasteiger partial charge >= 0.3 is 5.97 Å². The summed E-state index contributed by atoms with van der Waals surface area (Å²) in [5.74, 6) is -1.48. The number of fused-ring (bicyclic) bond motifs is 1. The second kappa shape index (κ2) is 7.34. The van der Waals surface area contributed by atoms with E-state index in [1.54, 1.807) is 0 Å². The summed E-state index contributed by atoms with van der Waals surface area (Å²) in [4.78, 5) is 47.0. The van der Waals surface area contributed by atoms with Crippen LogP contribution >= 0.6 is 12.2 Å². The molecule has 2 heterocycles. The van der Waals surface area contributed by atoms with Crippen LogP contribution in [0.1, 0.15) is 12.5 Å². The molecule has 0 spiro atoms. The molecule has 8 nitrogen and oxygen atoms in total. The molecule has 1 aliphatic rings. The fourth-order valence-electron chi connectivity index (χ4n) is 2.34. The minimum atomic E-state index is -0.628. The van der Waals surface area contributed by atoms with E-state index in [0.717, 1.165) is 0 Å². The van der Waals surface area contributed by atoms with E-state index in [2.05, 4.69) is 10.6 Å². The first-order valence-electron chi connectivity index (χ1n) is 7.64. The molecule has 9 heteroatoms. The lowest BCUT2D eigenvalue weighted by Crippen LogP contribution is -2.51. The molecule has 1 saturated heterocycles. The topological polar surface area (TPSA) is 115 Å². The second-order valence-electron chi connectivity index (χ2n) is 5.45. The van der Waals surface area contributed by atoms with Crippen LogP contribution < -0.4 is 20.8 Å². The van der Waals surface area contributed by atoms with E-state index in [4.69, 9.17) is 21.4 Å². The van der Waals surface area contributed by atoms with Crippen molar-refractivity contribution in [3.05, 3.63) is 58.0 Å². The van der Waals surface area contributed by atoms with Gasteiger partial charge in [-0.1, -0.05) is 6.08 Å². The number of hydrogen-bond acceptors (Lipinski definition) is 7. The second-order valence-corrected chi connectivity index (χ2v) is 5.86. The molecule has 0 unspecified atom stereocenters. The smallest absolute Gasteiger partial charge is 0.308 e. The van der Waals surface area contributed by atoms with E-state index in [1.165, 1.54) is 49.6 Å². The van der Waals surface area contributed by atoms with Crippen LogP contribution in [0.3, 0.4) is 0 Å². The first-order chi connectivity index (χ1) is 12.8. The fourth-order valence-corrected chi connectivity index (χ4v) is 2.53. The maximum Gasteiger partial charge on any atom is 0.308 e. The number of hydrogen-bond donors (Lipinski definition) is 2. The van der Waals surface area contributed by atoms with Gasteiger partial charge in [0.05, 0.1) is 10.9 Å². The first kappa shape index (κ1) is 18.2. The van der Waals surface area contributed by atoms with Crippen LogP contribution in [0, 0.1) is 0 Å². The van der Waals surface area contributed by atoms with Gasteiger partial charge in [0.1, 0.15) is 23.2 Å². The van der Waals surface area contributed by atoms with Gasteiger partial charge in [-0.3, -0.25) is 29.8 Å². The summed E-state index contributed by atoms with van der Waals surface area (Å²) < 4.78 is 10.4. The highest BCUT2D eigenvalue weighted by molar-refractivity contribution is 7.80. The molecule has 2 aromatic rings. The molecule has 1 aliphatic heterocycles. The van der Waals surface area contributed by atoms with Crippen molar-refractivity contribution in [1.82, 2.24) is 10.6 Å². The van der Waals surface area contributed by atoms with Gasteiger partial charge in [0.2, 0.25) is 0 Å². The Morgan fingerprint density at radius 2 is 1.89 bits per heavy atom. The SMILES string of the molecule is CC(=O)Oc1ccc2c(=O)c(/C=C/C=C3C(=O)NC(=S)NC3=O)coc2c1. The molecule has 27 heavy (non-hydrogen) atoms. The largest absolute Gasteiger partial charge is 0.463 e. The number of carbonyl (C=O) groups is 3. The predicted octanol–water partition coefficient (Wildman–Crippen LogP) is 1.19. The van der Waals surface area contributed by atoms with Crippen LogP contribution in [0.4, 0.5) is 0 Å². The monoisotopic (exact) mass is 384 g/mol. The number of benzene rings is 1. The maximum atomic E-state index is 12.5. The Hall–Kier alpha value is -3.59. The molecule has 0 saturated carbocycles. The fraction of sp³-hybridized carbons (Fsp3) is 0.0556. The predicted molar refractivity (Wildman–Crippen MR) is 99.8 cm³/mol. The normalized spacial score (nSPS) is 14.3. The molecule has 1 aromatic carbocycles. The van der Waals surface area contributed by atoms with E-state index in [0.29, 0.717) is 5.39 Å². The highest BCUT2D eigenvalue weighted by Gasteiger charge is 2.24. The number of thiocarbonyl (C=S) groups is 1. The minimum Gasteiger partial charge on any atom is -0.463 e. The number of carbonyl (C=O) groups excluding carboxylic acids is 3. The molecule has 3 rings (SSSR count). The average molecular weight is 384 g/mol. The lowest BCUT2D eigenvalue weighted by atomic mass is 10.1. The summed E-state index contributed by atoms with van der Waals surface area (Å²) >= 11 is 4.71. The molecule has 136 valence electrons. The van der Waals surface area contributed by atoms with Gasteiger partial charge in [-0.25, -0.2) is 0 Å². The molecule has 1 fully saturated rings. The zero-order chi connectivity index (χ0) is 19.6. The van der Waals surface area contributed by atoms with E-state index >= 15 is 0 Å². The molecular formula is C18H12N2O6S. The van der Waals surface area contributed by atoms with Crippen LogP contribution in [0.15, 0.2) is 51.4 Å². The van der Waals surface area contributed by atoms with Gasteiger partial charge in [-0.15, -0.1) is 0 Å². The number of nitrogens with one attached hydrogen (secondary N) is 2. The summed E-state index contributed by atoms with van der Waals surface area (Å²) in [7, 11) is 0. The molecule has 0 radical (unpaired) electrons. The van der Waals surface area contributed by atoms with Crippen molar-refractivity contribution in [2.24, 2.45) is 0 Å². The number of allylic oxidation sites excluding steroid dienone is 2. The molecule has 2 N–H and O–H groups in total. The molecule has 0 atom stereocenters. The minimum absolute atomic E-state index is 0.0607. The maximum absolute atomic E-state index is 12.5. The van der Waals surface area contributed by atoms with Gasteiger partial charge in [0.25, 0.3) is 11.8 Å². The van der Waals surface area contributed by atoms with E-state index in [1.807, 2.05) is 0 Å². The lowest BCUT2D eigenvalue weighted by Gasteiger charge is -2.15. The Bertz CT molecular complexity index is 1090. The zero-order valence-corrected chi connectivity index (χ0v) is 14.7. The molecular weight excluding hydrogens is 372 g/mol. The van der Waals surface area contributed by atoms with Gasteiger partial charge in [-0.2, -0.15) is 0 Å². The summed E-state index contributed by atoms with van der Waals surface area (Å²) in [5, 5.41) is 4.84. The van der Waals surface area contributed by atoms with Crippen molar-refractivity contribution in [2.75, 3.05) is 0 Å². The lowest BCUT2D eigenvalue weighted by molar-refractivity contribution is -0.132. The Morgan fingerprint density at radius 1 is 1.19 bits per heavy atom. The standard InChI is InChI=1S/C18H12N2O6S/c1-9(21)26-11-5-6-12-14(7-11)25-8-10(15(12)22)3-2-4-13-16(23)19-18(27)20-17(13)24/h2-8H,1H3,(H2,19,20,23,24,27)/b3-2+. The first-order valence-corrected chi connectivity index (χ1v) is 8.05. The van der Waals surface area contributed by atoms with Crippen molar-refractivity contribution in [2.45, 2.75) is 6.92 Å². The summed E-state index contributed by atoms with van der Waals surface area (Å²) in [6.45, 7) is 1.27. The third-order valence-electron chi connectivity index (χ3n) is 3.52. The van der Waals surface area contributed by atoms with Crippen molar-refractivity contribution in [1.29, 1.82) is 0 Å². The van der Waals surface area contributed by atoms with Gasteiger partial charge in [0, 0.05) is 13.0 Å². The van der Waals surface area contributed by atoms with Crippen LogP contribution in [-0.2, 0) is 14.4 Å². The summed E-state index contributed by atoms with van der Waals surface area (Å²) in [6, 6.07) is 4.40. The Balaban J connectivity index is 1.89. The Morgan fingerprint density at radius 3 is 2.56 bits per heavy atom. The number of esters is 1. The van der Waals surface area contributed by atoms with E-state index in [-0.39, 0.29) is 33.0 Å². The molecule has 1 aromatic heterocycles. The third-order valence-corrected chi connectivity index (χ3v) is 3.72. The van der Waals surface area contributed by atoms with Crippen molar-refractivity contribution in [3.8, 4) is 5.75 Å². The van der Waals surface area contributed by atoms with Crippen LogP contribution in [0.2, 0.25) is 0 Å². The summed E-state index contributed by atoms with van der Waals surface area (Å²) in [5.41, 5.74) is 0.00980. The Labute approximate surface area is 157 Å². The zero-order valence-electron chi connectivity index (χ0n) is 13.9. The third kappa shape index (κ3) is 3.98.